The molecule has 0 saturated carbocycles. The van der Waals surface area contributed by atoms with Gasteiger partial charge in [-0.1, -0.05) is 59.7 Å². The zero-order chi connectivity index (χ0) is 23.0. The molecule has 3 aromatic carbocycles. The molecule has 0 spiro atoms. The number of hydrogen-bond donors (Lipinski definition) is 3. The molecule has 0 aliphatic carbocycles. The molecule has 3 N–H and O–H groups in total. The number of carbonyl (C=O) groups excluding carboxylic acids is 1. The number of nitrogens with one attached hydrogen (secondary N) is 3. The fourth-order valence-electron chi connectivity index (χ4n) is 3.57. The van der Waals surface area contributed by atoms with Crippen molar-refractivity contribution in [3.63, 3.8) is 0 Å². The topological polar surface area (TPSA) is 92.1 Å². The molecule has 7 nitrogen and oxygen atoms in total. The van der Waals surface area contributed by atoms with Crippen LogP contribution in [0.4, 0.5) is 11.7 Å². The lowest BCUT2D eigenvalue weighted by Gasteiger charge is -2.09. The van der Waals surface area contributed by atoms with Crippen LogP contribution >= 0.6 is 0 Å². The molecule has 4 rings (SSSR count). The third-order valence-corrected chi connectivity index (χ3v) is 5.28. The predicted octanol–water partition coefficient (Wildman–Crippen LogP) is 4.68. The van der Waals surface area contributed by atoms with Gasteiger partial charge in [-0.25, -0.2) is 0 Å². The van der Waals surface area contributed by atoms with E-state index in [2.05, 4.69) is 51.3 Å². The van der Waals surface area contributed by atoms with Crippen LogP contribution < -0.4 is 16.0 Å². The summed E-state index contributed by atoms with van der Waals surface area (Å²) in [6, 6.07) is 24.7. The minimum atomic E-state index is -0.0181. The van der Waals surface area contributed by atoms with E-state index in [1.165, 1.54) is 6.92 Å². The molecule has 0 unspecified atom stereocenters. The summed E-state index contributed by atoms with van der Waals surface area (Å²) in [5.74, 6) is 0.461. The molecule has 0 atom stereocenters. The number of rotatable bonds is 9. The van der Waals surface area contributed by atoms with Gasteiger partial charge in [-0.05, 0) is 47.4 Å². The number of benzene rings is 3. The third kappa shape index (κ3) is 5.84. The van der Waals surface area contributed by atoms with Gasteiger partial charge in [0.2, 0.25) is 11.8 Å². The zero-order valence-electron chi connectivity index (χ0n) is 18.8. The van der Waals surface area contributed by atoms with Crippen LogP contribution in [0.2, 0.25) is 0 Å². The monoisotopic (exact) mass is 441 g/mol. The van der Waals surface area contributed by atoms with Gasteiger partial charge in [0.1, 0.15) is 0 Å². The normalized spacial score (nSPS) is 10.7. The van der Waals surface area contributed by atoms with E-state index in [0.29, 0.717) is 18.5 Å². The van der Waals surface area contributed by atoms with Crippen molar-refractivity contribution < 1.29 is 9.21 Å². The van der Waals surface area contributed by atoms with Crippen molar-refractivity contribution >= 4 is 17.6 Å². The van der Waals surface area contributed by atoms with Crippen LogP contribution in [0.3, 0.4) is 0 Å². The highest BCUT2D eigenvalue weighted by Crippen LogP contribution is 2.32. The number of carbonyl (C=O) groups is 1. The van der Waals surface area contributed by atoms with E-state index in [1.807, 2.05) is 54.6 Å². The third-order valence-electron chi connectivity index (χ3n) is 5.28. The number of amides is 1. The van der Waals surface area contributed by atoms with Crippen LogP contribution in [0.1, 0.15) is 18.1 Å². The Balaban J connectivity index is 1.39. The molecule has 4 aromatic rings. The Hall–Kier alpha value is -3.97. The summed E-state index contributed by atoms with van der Waals surface area (Å²) in [4.78, 5) is 10.9. The highest BCUT2D eigenvalue weighted by molar-refractivity contribution is 5.75. The van der Waals surface area contributed by atoms with Crippen molar-refractivity contribution in [2.75, 3.05) is 18.4 Å². The molecule has 1 heterocycles. The Kier molecular flexibility index (Phi) is 7.12. The molecule has 168 valence electrons. The molecule has 1 amide bonds. The smallest absolute Gasteiger partial charge is 0.320 e. The Morgan fingerprint density at radius 3 is 2.39 bits per heavy atom. The molecule has 0 bridgehead atoms. The maximum absolute atomic E-state index is 10.9. The Bertz CT molecular complexity index is 1200. The fourth-order valence-corrected chi connectivity index (χ4v) is 3.57. The van der Waals surface area contributed by atoms with Crippen LogP contribution in [0, 0.1) is 6.92 Å². The van der Waals surface area contributed by atoms with Crippen LogP contribution in [0.5, 0.6) is 0 Å². The zero-order valence-corrected chi connectivity index (χ0v) is 18.8. The molecular weight excluding hydrogens is 414 g/mol. The average Bonchev–Trinajstić information content (AvgIpc) is 3.28. The van der Waals surface area contributed by atoms with Crippen molar-refractivity contribution in [2.45, 2.75) is 20.4 Å². The highest BCUT2D eigenvalue weighted by atomic mass is 16.4. The summed E-state index contributed by atoms with van der Waals surface area (Å²) in [5.41, 5.74) is 6.30. The van der Waals surface area contributed by atoms with Gasteiger partial charge in [-0.15, -0.1) is 5.10 Å². The minimum Gasteiger partial charge on any atom is -0.403 e. The molecular formula is C26H27N5O2. The molecule has 0 aliphatic rings. The lowest BCUT2D eigenvalue weighted by Crippen LogP contribution is -2.29. The summed E-state index contributed by atoms with van der Waals surface area (Å²) >= 11 is 0. The number of nitrogens with zero attached hydrogens (tertiary/aromatic N) is 2. The van der Waals surface area contributed by atoms with Crippen molar-refractivity contribution in [3.05, 3.63) is 83.9 Å². The highest BCUT2D eigenvalue weighted by Gasteiger charge is 2.14. The summed E-state index contributed by atoms with van der Waals surface area (Å²) in [5, 5.41) is 17.6. The first kappa shape index (κ1) is 22.2. The van der Waals surface area contributed by atoms with E-state index < -0.39 is 0 Å². The largest absolute Gasteiger partial charge is 0.403 e. The van der Waals surface area contributed by atoms with Crippen LogP contribution in [0.15, 0.2) is 77.2 Å². The van der Waals surface area contributed by atoms with Gasteiger partial charge < -0.3 is 20.4 Å². The lowest BCUT2D eigenvalue weighted by molar-refractivity contribution is -0.118. The van der Waals surface area contributed by atoms with Gasteiger partial charge in [0.05, 0.1) is 0 Å². The van der Waals surface area contributed by atoms with Crippen molar-refractivity contribution in [1.82, 2.24) is 20.8 Å². The molecule has 0 aliphatic heterocycles. The van der Waals surface area contributed by atoms with E-state index in [-0.39, 0.29) is 5.91 Å². The summed E-state index contributed by atoms with van der Waals surface area (Å²) in [7, 11) is 0. The minimum absolute atomic E-state index is 0.0181. The molecule has 0 saturated heterocycles. The summed E-state index contributed by atoms with van der Waals surface area (Å²) in [6.45, 7) is 5.64. The van der Waals surface area contributed by atoms with E-state index in [4.69, 9.17) is 4.42 Å². The first-order valence-corrected chi connectivity index (χ1v) is 10.9. The Labute approximate surface area is 193 Å². The second kappa shape index (κ2) is 10.6. The summed E-state index contributed by atoms with van der Waals surface area (Å²) in [6.07, 6.45) is 0. The van der Waals surface area contributed by atoms with Gasteiger partial charge in [-0.3, -0.25) is 4.79 Å². The lowest BCUT2D eigenvalue weighted by atomic mass is 9.96. The van der Waals surface area contributed by atoms with Gasteiger partial charge in [0.15, 0.2) is 0 Å². The quantitative estimate of drug-likeness (QED) is 0.327. The van der Waals surface area contributed by atoms with Crippen molar-refractivity contribution in [1.29, 1.82) is 0 Å². The standard InChI is InChI=1S/C26H27N5O2/c1-18-23(21-7-4-3-5-8-21)9-6-10-24(18)25-30-31-26(33-25)29-22-13-11-20(12-14-22)17-27-15-16-28-19(2)32/h3-14,27H,15-17H2,1-2H3,(H,28,32)(H,29,31). The van der Waals surface area contributed by atoms with Crippen molar-refractivity contribution in [2.24, 2.45) is 0 Å². The van der Waals surface area contributed by atoms with Gasteiger partial charge >= 0.3 is 6.01 Å². The molecule has 0 fully saturated rings. The Morgan fingerprint density at radius 2 is 1.64 bits per heavy atom. The average molecular weight is 442 g/mol. The predicted molar refractivity (Wildman–Crippen MR) is 130 cm³/mol. The Morgan fingerprint density at radius 1 is 0.879 bits per heavy atom. The molecule has 0 radical (unpaired) electrons. The van der Waals surface area contributed by atoms with E-state index in [0.717, 1.165) is 46.6 Å². The van der Waals surface area contributed by atoms with E-state index >= 15 is 0 Å². The van der Waals surface area contributed by atoms with E-state index in [1.54, 1.807) is 0 Å². The number of aromatic nitrogens is 2. The second-order valence-electron chi connectivity index (χ2n) is 7.74. The van der Waals surface area contributed by atoms with Gasteiger partial charge in [-0.2, -0.15) is 0 Å². The SMILES string of the molecule is CC(=O)NCCNCc1ccc(Nc2nnc(-c3cccc(-c4ccccc4)c3C)o2)cc1. The molecule has 33 heavy (non-hydrogen) atoms. The number of hydrogen-bond acceptors (Lipinski definition) is 6. The first-order chi connectivity index (χ1) is 16.1. The van der Waals surface area contributed by atoms with Crippen LogP contribution in [-0.4, -0.2) is 29.2 Å². The van der Waals surface area contributed by atoms with Crippen LogP contribution in [0.25, 0.3) is 22.6 Å². The van der Waals surface area contributed by atoms with E-state index in [9.17, 15) is 4.79 Å². The van der Waals surface area contributed by atoms with Gasteiger partial charge in [0.25, 0.3) is 0 Å². The number of anilines is 2. The second-order valence-corrected chi connectivity index (χ2v) is 7.74. The maximum Gasteiger partial charge on any atom is 0.320 e. The fraction of sp³-hybridized carbons (Fsp3) is 0.192. The van der Waals surface area contributed by atoms with Crippen LogP contribution in [-0.2, 0) is 11.3 Å². The van der Waals surface area contributed by atoms with Gasteiger partial charge in [0, 0.05) is 37.8 Å². The molecule has 7 heteroatoms. The summed E-state index contributed by atoms with van der Waals surface area (Å²) < 4.78 is 5.91. The maximum atomic E-state index is 10.9. The first-order valence-electron chi connectivity index (χ1n) is 10.9. The molecule has 1 aromatic heterocycles. The van der Waals surface area contributed by atoms with Crippen molar-refractivity contribution in [3.8, 4) is 22.6 Å².